The van der Waals surface area contributed by atoms with Crippen LogP contribution in [0.25, 0.3) is 10.9 Å². The molecule has 62 valence electrons. The predicted octanol–water partition coefficient (Wildman–Crippen LogP) is 4.13. The van der Waals surface area contributed by atoms with Crippen LogP contribution in [0, 0.1) is 0 Å². The van der Waals surface area contributed by atoms with E-state index in [1.165, 1.54) is 0 Å². The Bertz CT molecular complexity index is 433. The van der Waals surface area contributed by atoms with Gasteiger partial charge in [-0.2, -0.15) is 0 Å². The van der Waals surface area contributed by atoms with E-state index >= 15 is 0 Å². The molecular weight excluding hydrogens is 216 g/mol. The van der Waals surface area contributed by atoms with E-state index in [9.17, 15) is 0 Å². The van der Waals surface area contributed by atoms with Gasteiger partial charge in [-0.3, -0.25) is 0 Å². The van der Waals surface area contributed by atoms with E-state index in [0.29, 0.717) is 15.2 Å². The normalized spacial score (nSPS) is 10.9. The zero-order valence-corrected chi connectivity index (χ0v) is 8.13. The van der Waals surface area contributed by atoms with Crippen LogP contribution in [0.4, 0.5) is 0 Å². The SMILES string of the molecule is Clc1ccc2[nH]c(Cl)c(Cl)c2c1. The van der Waals surface area contributed by atoms with Gasteiger partial charge in [0, 0.05) is 15.9 Å². The minimum Gasteiger partial charge on any atom is -0.344 e. The number of nitrogens with one attached hydrogen (secondary N) is 1. The molecule has 0 saturated heterocycles. The highest BCUT2D eigenvalue weighted by Crippen LogP contribution is 2.32. The van der Waals surface area contributed by atoms with Gasteiger partial charge in [0.25, 0.3) is 0 Å². The van der Waals surface area contributed by atoms with Gasteiger partial charge >= 0.3 is 0 Å². The van der Waals surface area contributed by atoms with E-state index < -0.39 is 0 Å². The predicted molar refractivity (Wildman–Crippen MR) is 53.3 cm³/mol. The van der Waals surface area contributed by atoms with Crippen molar-refractivity contribution in [3.63, 3.8) is 0 Å². The topological polar surface area (TPSA) is 15.8 Å². The second-order valence-electron chi connectivity index (χ2n) is 2.44. The largest absolute Gasteiger partial charge is 0.344 e. The first-order valence-electron chi connectivity index (χ1n) is 3.30. The highest BCUT2D eigenvalue weighted by molar-refractivity contribution is 6.45. The van der Waals surface area contributed by atoms with Gasteiger partial charge in [0.05, 0.1) is 5.02 Å². The zero-order valence-electron chi connectivity index (χ0n) is 5.87. The summed E-state index contributed by atoms with van der Waals surface area (Å²) in [5.74, 6) is 0. The molecule has 2 rings (SSSR count). The molecule has 1 N–H and O–H groups in total. The van der Waals surface area contributed by atoms with Crippen LogP contribution in [-0.4, -0.2) is 4.98 Å². The Kier molecular flexibility index (Phi) is 1.95. The number of rotatable bonds is 0. The van der Waals surface area contributed by atoms with E-state index in [4.69, 9.17) is 34.8 Å². The Morgan fingerprint density at radius 3 is 2.58 bits per heavy atom. The molecule has 1 nitrogen and oxygen atoms in total. The van der Waals surface area contributed by atoms with Crippen molar-refractivity contribution in [1.29, 1.82) is 0 Å². The number of aromatic nitrogens is 1. The van der Waals surface area contributed by atoms with Crippen LogP contribution in [0.3, 0.4) is 0 Å². The van der Waals surface area contributed by atoms with Crippen LogP contribution in [-0.2, 0) is 0 Å². The van der Waals surface area contributed by atoms with Crippen molar-refractivity contribution in [2.24, 2.45) is 0 Å². The zero-order chi connectivity index (χ0) is 8.72. The molecule has 0 saturated carbocycles. The Morgan fingerprint density at radius 1 is 1.08 bits per heavy atom. The van der Waals surface area contributed by atoms with Crippen molar-refractivity contribution in [3.05, 3.63) is 33.4 Å². The van der Waals surface area contributed by atoms with Crippen molar-refractivity contribution >= 4 is 45.7 Å². The summed E-state index contributed by atoms with van der Waals surface area (Å²) in [5.41, 5.74) is 0.898. The Morgan fingerprint density at radius 2 is 1.83 bits per heavy atom. The van der Waals surface area contributed by atoms with Gasteiger partial charge in [-0.15, -0.1) is 0 Å². The lowest BCUT2D eigenvalue weighted by Crippen LogP contribution is -1.66. The monoisotopic (exact) mass is 219 g/mol. The fraction of sp³-hybridized carbons (Fsp3) is 0. The molecule has 0 fully saturated rings. The Balaban J connectivity index is 2.88. The molecule has 0 aliphatic rings. The number of halogens is 3. The molecule has 0 radical (unpaired) electrons. The van der Waals surface area contributed by atoms with Gasteiger partial charge in [0.15, 0.2) is 0 Å². The molecule has 0 unspecified atom stereocenters. The fourth-order valence-electron chi connectivity index (χ4n) is 1.10. The third-order valence-electron chi connectivity index (χ3n) is 1.66. The summed E-state index contributed by atoms with van der Waals surface area (Å²) in [6.07, 6.45) is 0. The average molecular weight is 220 g/mol. The fourth-order valence-corrected chi connectivity index (χ4v) is 1.68. The number of aromatic amines is 1. The van der Waals surface area contributed by atoms with Crippen molar-refractivity contribution < 1.29 is 0 Å². The maximum absolute atomic E-state index is 5.89. The molecule has 12 heavy (non-hydrogen) atoms. The summed E-state index contributed by atoms with van der Waals surface area (Å²) in [4.78, 5) is 2.93. The van der Waals surface area contributed by atoms with Gasteiger partial charge in [0.1, 0.15) is 5.15 Å². The molecule has 0 aliphatic carbocycles. The van der Waals surface area contributed by atoms with E-state index in [1.807, 2.05) is 6.07 Å². The number of H-pyrrole nitrogens is 1. The van der Waals surface area contributed by atoms with Crippen molar-refractivity contribution in [1.82, 2.24) is 4.98 Å². The lowest BCUT2D eigenvalue weighted by atomic mass is 10.2. The number of hydrogen-bond acceptors (Lipinski definition) is 0. The van der Waals surface area contributed by atoms with E-state index in [-0.39, 0.29) is 0 Å². The number of fused-ring (bicyclic) bond motifs is 1. The van der Waals surface area contributed by atoms with Crippen LogP contribution in [0.5, 0.6) is 0 Å². The van der Waals surface area contributed by atoms with Gasteiger partial charge in [-0.25, -0.2) is 0 Å². The van der Waals surface area contributed by atoms with Gasteiger partial charge in [0.2, 0.25) is 0 Å². The Labute approximate surface area is 84.2 Å². The summed E-state index contributed by atoms with van der Waals surface area (Å²) >= 11 is 17.4. The standard InChI is InChI=1S/C8H4Cl3N/c9-4-1-2-6-5(3-4)7(10)8(11)12-6/h1-3,12H. The lowest BCUT2D eigenvalue weighted by Gasteiger charge is -1.90. The third kappa shape index (κ3) is 1.18. The maximum Gasteiger partial charge on any atom is 0.126 e. The first-order valence-corrected chi connectivity index (χ1v) is 4.44. The number of hydrogen-bond donors (Lipinski definition) is 1. The lowest BCUT2D eigenvalue weighted by molar-refractivity contribution is 1.47. The summed E-state index contributed by atoms with van der Waals surface area (Å²) in [6, 6.07) is 5.41. The molecule has 0 bridgehead atoms. The Hall–Kier alpha value is -0.370. The third-order valence-corrected chi connectivity index (χ3v) is 2.66. The van der Waals surface area contributed by atoms with Crippen LogP contribution < -0.4 is 0 Å². The van der Waals surface area contributed by atoms with E-state index in [0.717, 1.165) is 10.9 Å². The van der Waals surface area contributed by atoms with Crippen molar-refractivity contribution in [2.45, 2.75) is 0 Å². The highest BCUT2D eigenvalue weighted by Gasteiger charge is 2.06. The summed E-state index contributed by atoms with van der Waals surface area (Å²) in [7, 11) is 0. The maximum atomic E-state index is 5.89. The van der Waals surface area contributed by atoms with Crippen molar-refractivity contribution in [3.8, 4) is 0 Å². The molecular formula is C8H4Cl3N. The van der Waals surface area contributed by atoms with Gasteiger partial charge < -0.3 is 4.98 Å². The molecule has 1 heterocycles. The molecule has 4 heteroatoms. The number of benzene rings is 1. The molecule has 1 aromatic carbocycles. The molecule has 1 aromatic heterocycles. The molecule has 0 atom stereocenters. The minimum absolute atomic E-state index is 0.453. The van der Waals surface area contributed by atoms with Crippen molar-refractivity contribution in [2.75, 3.05) is 0 Å². The summed E-state index contributed by atoms with van der Waals surface area (Å²) in [6.45, 7) is 0. The summed E-state index contributed by atoms with van der Waals surface area (Å²) < 4.78 is 0. The van der Waals surface area contributed by atoms with Crippen LogP contribution >= 0.6 is 34.8 Å². The molecule has 2 aromatic rings. The second-order valence-corrected chi connectivity index (χ2v) is 3.64. The molecule has 0 spiro atoms. The minimum atomic E-state index is 0.453. The molecule has 0 aliphatic heterocycles. The average Bonchev–Trinajstić information content (AvgIpc) is 2.31. The smallest absolute Gasteiger partial charge is 0.126 e. The first-order chi connectivity index (χ1) is 5.68. The second kappa shape index (κ2) is 2.84. The van der Waals surface area contributed by atoms with Gasteiger partial charge in [-0.1, -0.05) is 34.8 Å². The quantitative estimate of drug-likeness (QED) is 0.687. The molecule has 0 amide bonds. The van der Waals surface area contributed by atoms with E-state index in [2.05, 4.69) is 4.98 Å². The first kappa shape index (κ1) is 8.24. The van der Waals surface area contributed by atoms with E-state index in [1.54, 1.807) is 12.1 Å². The van der Waals surface area contributed by atoms with Gasteiger partial charge in [-0.05, 0) is 18.2 Å². The van der Waals surface area contributed by atoms with Crippen LogP contribution in [0.1, 0.15) is 0 Å². The summed E-state index contributed by atoms with van der Waals surface area (Å²) in [5, 5.41) is 2.48. The van der Waals surface area contributed by atoms with Crippen LogP contribution in [0.2, 0.25) is 15.2 Å². The highest BCUT2D eigenvalue weighted by atomic mass is 35.5. The van der Waals surface area contributed by atoms with Crippen LogP contribution in [0.15, 0.2) is 18.2 Å².